The summed E-state index contributed by atoms with van der Waals surface area (Å²) in [5, 5.41) is 19.9. The first-order valence-electron chi connectivity index (χ1n) is 10.8. The molecule has 1 saturated heterocycles. The molecule has 3 rings (SSSR count). The van der Waals surface area contributed by atoms with Crippen molar-refractivity contribution in [1.29, 1.82) is 0 Å². The zero-order chi connectivity index (χ0) is 24.3. The summed E-state index contributed by atoms with van der Waals surface area (Å²) in [7, 11) is 1.53. The standard InChI is InChI=1S/C23H31N3O7/c1-23(2,3)33-22(31)25-11-9-24(10-12-25)20(21(29)30)17-14-26(8-7-19(27)28)18-6-5-15(32-4)13-16(17)18/h5-6,13-14,20H,7-12H2,1-4H3,(H,27,28)(H,29,30). The normalized spacial score (nSPS) is 15.9. The Kier molecular flexibility index (Phi) is 7.16. The largest absolute Gasteiger partial charge is 0.497 e. The Morgan fingerprint density at radius 2 is 1.76 bits per heavy atom. The summed E-state index contributed by atoms with van der Waals surface area (Å²) in [6.45, 7) is 7.04. The molecule has 1 fully saturated rings. The molecule has 1 amide bonds. The lowest BCUT2D eigenvalue weighted by molar-refractivity contribution is -0.144. The smallest absolute Gasteiger partial charge is 0.410 e. The third-order valence-electron chi connectivity index (χ3n) is 5.55. The number of carboxylic acid groups (broad SMARTS) is 2. The second-order valence-corrected chi connectivity index (χ2v) is 9.05. The Labute approximate surface area is 192 Å². The van der Waals surface area contributed by atoms with Crippen molar-refractivity contribution in [3.63, 3.8) is 0 Å². The Hall–Kier alpha value is -3.27. The number of aromatic nitrogens is 1. The van der Waals surface area contributed by atoms with Gasteiger partial charge < -0.3 is 29.2 Å². The summed E-state index contributed by atoms with van der Waals surface area (Å²) in [5.74, 6) is -1.36. The molecule has 0 bridgehead atoms. The fourth-order valence-corrected chi connectivity index (χ4v) is 4.02. The SMILES string of the molecule is COc1ccc2c(c1)c(C(C(=O)O)N1CCN(C(=O)OC(C)(C)C)CC1)cn2CCC(=O)O. The fraction of sp³-hybridized carbons (Fsp3) is 0.522. The van der Waals surface area contributed by atoms with Gasteiger partial charge in [-0.05, 0) is 39.0 Å². The minimum Gasteiger partial charge on any atom is -0.497 e. The van der Waals surface area contributed by atoms with Gasteiger partial charge in [-0.2, -0.15) is 0 Å². The number of fused-ring (bicyclic) bond motifs is 1. The molecular weight excluding hydrogens is 430 g/mol. The number of carbonyl (C=O) groups excluding carboxylic acids is 1. The first-order valence-corrected chi connectivity index (χ1v) is 10.8. The van der Waals surface area contributed by atoms with Gasteiger partial charge in [-0.3, -0.25) is 14.5 Å². The molecule has 10 heteroatoms. The maximum Gasteiger partial charge on any atom is 0.410 e. The summed E-state index contributed by atoms with van der Waals surface area (Å²) >= 11 is 0. The number of piperazine rings is 1. The van der Waals surface area contributed by atoms with Gasteiger partial charge in [0, 0.05) is 55.4 Å². The van der Waals surface area contributed by atoms with Gasteiger partial charge >= 0.3 is 18.0 Å². The van der Waals surface area contributed by atoms with Crippen LogP contribution in [0.3, 0.4) is 0 Å². The molecule has 33 heavy (non-hydrogen) atoms. The molecule has 2 heterocycles. The maximum atomic E-state index is 12.4. The highest BCUT2D eigenvalue weighted by Crippen LogP contribution is 2.34. The first kappa shape index (κ1) is 24.4. The Balaban J connectivity index is 1.89. The molecule has 0 radical (unpaired) electrons. The van der Waals surface area contributed by atoms with Gasteiger partial charge in [-0.25, -0.2) is 4.79 Å². The molecule has 2 N–H and O–H groups in total. The molecule has 1 aliphatic rings. The number of hydrogen-bond acceptors (Lipinski definition) is 6. The molecule has 1 aliphatic heterocycles. The van der Waals surface area contributed by atoms with Crippen LogP contribution in [0, 0.1) is 0 Å². The topological polar surface area (TPSA) is 122 Å². The van der Waals surface area contributed by atoms with E-state index in [1.807, 2.05) is 4.90 Å². The van der Waals surface area contributed by atoms with Crippen molar-refractivity contribution in [2.24, 2.45) is 0 Å². The van der Waals surface area contributed by atoms with Crippen LogP contribution in [-0.2, 0) is 20.9 Å². The van der Waals surface area contributed by atoms with Crippen molar-refractivity contribution in [3.05, 3.63) is 30.0 Å². The molecule has 1 atom stereocenters. The number of benzene rings is 1. The third kappa shape index (κ3) is 5.75. The van der Waals surface area contributed by atoms with Crippen molar-refractivity contribution < 1.29 is 34.1 Å². The van der Waals surface area contributed by atoms with E-state index in [1.165, 1.54) is 7.11 Å². The van der Waals surface area contributed by atoms with E-state index in [4.69, 9.17) is 14.6 Å². The van der Waals surface area contributed by atoms with Crippen molar-refractivity contribution in [2.45, 2.75) is 45.4 Å². The van der Waals surface area contributed by atoms with Gasteiger partial charge in [0.1, 0.15) is 17.4 Å². The van der Waals surface area contributed by atoms with Gasteiger partial charge in [0.05, 0.1) is 13.5 Å². The molecule has 0 aliphatic carbocycles. The monoisotopic (exact) mass is 461 g/mol. The molecule has 1 aromatic heterocycles. The van der Waals surface area contributed by atoms with Gasteiger partial charge in [-0.1, -0.05) is 0 Å². The van der Waals surface area contributed by atoms with Crippen LogP contribution in [0.1, 0.15) is 38.8 Å². The number of aliphatic carboxylic acids is 2. The first-order chi connectivity index (χ1) is 15.5. The molecule has 1 unspecified atom stereocenters. The van der Waals surface area contributed by atoms with Crippen LogP contribution in [0.15, 0.2) is 24.4 Å². The second-order valence-electron chi connectivity index (χ2n) is 9.05. The predicted octanol–water partition coefficient (Wildman–Crippen LogP) is 2.80. The number of methoxy groups -OCH3 is 1. The van der Waals surface area contributed by atoms with Crippen molar-refractivity contribution >= 4 is 28.9 Å². The third-order valence-corrected chi connectivity index (χ3v) is 5.55. The highest BCUT2D eigenvalue weighted by Gasteiger charge is 2.34. The van der Waals surface area contributed by atoms with E-state index in [1.54, 1.807) is 54.6 Å². The molecule has 180 valence electrons. The van der Waals surface area contributed by atoms with E-state index in [-0.39, 0.29) is 13.0 Å². The minimum atomic E-state index is -1.01. The van der Waals surface area contributed by atoms with Gasteiger partial charge in [0.2, 0.25) is 0 Å². The van der Waals surface area contributed by atoms with E-state index in [0.717, 1.165) is 5.52 Å². The summed E-state index contributed by atoms with van der Waals surface area (Å²) in [6, 6.07) is 4.39. The maximum absolute atomic E-state index is 12.4. The number of aryl methyl sites for hydroxylation is 1. The zero-order valence-corrected chi connectivity index (χ0v) is 19.4. The van der Waals surface area contributed by atoms with Crippen LogP contribution >= 0.6 is 0 Å². The molecule has 10 nitrogen and oxygen atoms in total. The number of rotatable bonds is 7. The predicted molar refractivity (Wildman–Crippen MR) is 120 cm³/mol. The van der Waals surface area contributed by atoms with Crippen LogP contribution < -0.4 is 4.74 Å². The van der Waals surface area contributed by atoms with Crippen LogP contribution in [0.4, 0.5) is 4.79 Å². The molecule has 0 saturated carbocycles. The van der Waals surface area contributed by atoms with Crippen molar-refractivity contribution in [2.75, 3.05) is 33.3 Å². The molecular formula is C23H31N3O7. The summed E-state index contributed by atoms with van der Waals surface area (Å²) in [4.78, 5) is 39.3. The average Bonchev–Trinajstić information content (AvgIpc) is 3.08. The van der Waals surface area contributed by atoms with E-state index in [0.29, 0.717) is 42.9 Å². The van der Waals surface area contributed by atoms with Gasteiger partial charge in [0.25, 0.3) is 0 Å². The van der Waals surface area contributed by atoms with E-state index in [9.17, 15) is 19.5 Å². The highest BCUT2D eigenvalue weighted by atomic mass is 16.6. The lowest BCUT2D eigenvalue weighted by atomic mass is 10.0. The van der Waals surface area contributed by atoms with Gasteiger partial charge in [-0.15, -0.1) is 0 Å². The molecule has 2 aromatic rings. The van der Waals surface area contributed by atoms with Crippen molar-refractivity contribution in [3.8, 4) is 5.75 Å². The number of amides is 1. The lowest BCUT2D eigenvalue weighted by Gasteiger charge is -2.38. The Bertz CT molecular complexity index is 1030. The number of nitrogens with zero attached hydrogens (tertiary/aromatic N) is 3. The highest BCUT2D eigenvalue weighted by molar-refractivity contribution is 5.90. The summed E-state index contributed by atoms with van der Waals surface area (Å²) in [6.07, 6.45) is 1.22. The Morgan fingerprint density at radius 1 is 1.09 bits per heavy atom. The fourth-order valence-electron chi connectivity index (χ4n) is 4.02. The number of carboxylic acids is 2. The lowest BCUT2D eigenvalue weighted by Crippen LogP contribution is -2.51. The van der Waals surface area contributed by atoms with Crippen LogP contribution in [0.25, 0.3) is 10.9 Å². The summed E-state index contributed by atoms with van der Waals surface area (Å²) < 4.78 is 12.5. The second kappa shape index (κ2) is 9.70. The van der Waals surface area contributed by atoms with Crippen molar-refractivity contribution in [1.82, 2.24) is 14.4 Å². The number of ether oxygens (including phenoxy) is 2. The molecule has 0 spiro atoms. The number of carbonyl (C=O) groups is 3. The van der Waals surface area contributed by atoms with Crippen LogP contribution in [0.5, 0.6) is 5.75 Å². The average molecular weight is 462 g/mol. The van der Waals surface area contributed by atoms with Crippen LogP contribution in [-0.4, -0.2) is 81.5 Å². The van der Waals surface area contributed by atoms with E-state index < -0.39 is 29.7 Å². The van der Waals surface area contributed by atoms with Crippen LogP contribution in [0.2, 0.25) is 0 Å². The van der Waals surface area contributed by atoms with E-state index in [2.05, 4.69) is 0 Å². The molecule has 1 aromatic carbocycles. The Morgan fingerprint density at radius 3 is 2.30 bits per heavy atom. The van der Waals surface area contributed by atoms with E-state index >= 15 is 0 Å². The number of hydrogen-bond donors (Lipinski definition) is 2. The minimum absolute atomic E-state index is 0.0818. The zero-order valence-electron chi connectivity index (χ0n) is 19.4. The quantitative estimate of drug-likeness (QED) is 0.646. The van der Waals surface area contributed by atoms with Gasteiger partial charge in [0.15, 0.2) is 0 Å². The summed E-state index contributed by atoms with van der Waals surface area (Å²) in [5.41, 5.74) is 0.701.